The van der Waals surface area contributed by atoms with E-state index < -0.39 is 11.7 Å². The average Bonchev–Trinajstić information content (AvgIpc) is 2.53. The van der Waals surface area contributed by atoms with E-state index in [1.165, 1.54) is 0 Å². The van der Waals surface area contributed by atoms with Gasteiger partial charge in [0.05, 0.1) is 18.2 Å². The maximum absolute atomic E-state index is 12.7. The second-order valence-electron chi connectivity index (χ2n) is 6.01. The van der Waals surface area contributed by atoms with Crippen molar-refractivity contribution in [1.82, 2.24) is 9.71 Å². The molecule has 133 valence electrons. The predicted molar refractivity (Wildman–Crippen MR) is 86.6 cm³/mol. The van der Waals surface area contributed by atoms with Crippen molar-refractivity contribution in [3.05, 3.63) is 35.4 Å². The molecule has 1 aromatic carbocycles. The zero-order valence-electron chi connectivity index (χ0n) is 14.2. The van der Waals surface area contributed by atoms with Crippen LogP contribution in [0.15, 0.2) is 24.3 Å². The Bertz CT molecular complexity index is 513. The third-order valence-electron chi connectivity index (χ3n) is 4.31. The van der Waals surface area contributed by atoms with Gasteiger partial charge in [0.25, 0.3) is 0 Å². The second kappa shape index (κ2) is 8.33. The lowest BCUT2D eigenvalue weighted by Gasteiger charge is -2.43. The summed E-state index contributed by atoms with van der Waals surface area (Å²) in [6, 6.07) is 5.53. The highest BCUT2D eigenvalue weighted by Crippen LogP contribution is 2.32. The first-order valence-electron chi connectivity index (χ1n) is 7.88. The van der Waals surface area contributed by atoms with Crippen molar-refractivity contribution in [3.63, 3.8) is 0 Å². The molecule has 2 atom stereocenters. The van der Waals surface area contributed by atoms with Gasteiger partial charge in [-0.1, -0.05) is 12.1 Å². The molecule has 0 N–H and O–H groups in total. The zero-order chi connectivity index (χ0) is 17.7. The smallest absolute Gasteiger partial charge is 0.416 e. The summed E-state index contributed by atoms with van der Waals surface area (Å²) in [6.07, 6.45) is -4.32. The minimum absolute atomic E-state index is 0.0722. The Balaban J connectivity index is 2.14. The van der Waals surface area contributed by atoms with Crippen LogP contribution in [0.5, 0.6) is 0 Å². The molecule has 24 heavy (non-hydrogen) atoms. The summed E-state index contributed by atoms with van der Waals surface area (Å²) in [6.45, 7) is 4.93. The number of benzene rings is 1. The number of rotatable bonds is 6. The van der Waals surface area contributed by atoms with Crippen LogP contribution < -0.4 is 0 Å². The van der Waals surface area contributed by atoms with Gasteiger partial charge < -0.3 is 14.2 Å². The summed E-state index contributed by atoms with van der Waals surface area (Å²) in [7, 11) is 4.93. The highest BCUT2D eigenvalue weighted by atomic mass is 19.4. The van der Waals surface area contributed by atoms with Crippen LogP contribution in [0.2, 0.25) is 0 Å². The van der Waals surface area contributed by atoms with Crippen molar-refractivity contribution in [2.75, 3.05) is 40.5 Å². The number of ether oxygens (including phenoxy) is 1. The molecule has 1 aromatic rings. The molecule has 0 saturated carbocycles. The number of nitrogens with zero attached hydrogens (tertiary/aromatic N) is 2. The van der Waals surface area contributed by atoms with E-state index in [1.807, 2.05) is 0 Å². The largest absolute Gasteiger partial charge is 0.427 e. The predicted octanol–water partition coefficient (Wildman–Crippen LogP) is 2.58. The Morgan fingerprint density at radius 1 is 1.21 bits per heavy atom. The summed E-state index contributed by atoms with van der Waals surface area (Å²) >= 11 is 0. The van der Waals surface area contributed by atoms with Crippen molar-refractivity contribution in [3.8, 4) is 0 Å². The Morgan fingerprint density at radius 3 is 2.38 bits per heavy atom. The monoisotopic (exact) mass is 343 g/mol. The van der Waals surface area contributed by atoms with Gasteiger partial charge in [0.15, 0.2) is 0 Å². The van der Waals surface area contributed by atoms with E-state index in [0.717, 1.165) is 37.3 Å². The lowest BCUT2D eigenvalue weighted by atomic mass is 9.99. The quantitative estimate of drug-likeness (QED) is 0.742. The number of methoxy groups -OCH3 is 1. The average molecular weight is 343 g/mol. The van der Waals surface area contributed by atoms with Crippen LogP contribution in [-0.4, -0.2) is 63.8 Å². The summed E-state index contributed by atoms with van der Waals surface area (Å²) in [5.41, 5.74) is 0.204. The molecule has 1 saturated heterocycles. The summed E-state index contributed by atoms with van der Waals surface area (Å²) < 4.78 is 48.6. The number of alkyl halides is 3. The maximum atomic E-state index is 12.7. The zero-order valence-corrected chi connectivity index (χ0v) is 14.2. The molecule has 0 aliphatic carbocycles. The van der Waals surface area contributed by atoms with E-state index in [9.17, 15) is 13.2 Å². The Labute approximate surface area is 141 Å². The minimum Gasteiger partial charge on any atom is -0.427 e. The molecule has 0 spiro atoms. The summed E-state index contributed by atoms with van der Waals surface area (Å²) in [5, 5.41) is 0. The van der Waals surface area contributed by atoms with Gasteiger partial charge in [-0.2, -0.15) is 13.2 Å². The van der Waals surface area contributed by atoms with E-state index in [4.69, 9.17) is 9.39 Å². The van der Waals surface area contributed by atoms with E-state index >= 15 is 0 Å². The third kappa shape index (κ3) is 4.72. The number of hydrogen-bond donors (Lipinski definition) is 0. The fourth-order valence-corrected chi connectivity index (χ4v) is 3.14. The molecule has 0 amide bonds. The maximum Gasteiger partial charge on any atom is 0.416 e. The summed E-state index contributed by atoms with van der Waals surface area (Å²) in [4.78, 5) is 4.36. The van der Waals surface area contributed by atoms with Crippen LogP contribution in [0.25, 0.3) is 0 Å². The van der Waals surface area contributed by atoms with Crippen LogP contribution >= 0.6 is 0 Å². The molecule has 4 nitrogen and oxygen atoms in total. The molecule has 1 heterocycles. The lowest BCUT2D eigenvalue weighted by Crippen LogP contribution is -2.54. The Kier molecular flexibility index (Phi) is 6.68. The van der Waals surface area contributed by atoms with E-state index in [1.54, 1.807) is 34.0 Å². The fraction of sp³-hybridized carbons (Fsp3) is 0.625. The highest BCUT2D eigenvalue weighted by Gasteiger charge is 2.33. The van der Waals surface area contributed by atoms with Crippen LogP contribution in [0.4, 0.5) is 13.2 Å². The first kappa shape index (κ1) is 19.2. The molecule has 2 rings (SSSR count). The molecule has 0 unspecified atom stereocenters. The topological polar surface area (TPSA) is 24.9 Å². The van der Waals surface area contributed by atoms with Gasteiger partial charge in [-0.25, -0.2) is 0 Å². The van der Waals surface area contributed by atoms with Gasteiger partial charge in [0.1, 0.15) is 0 Å². The van der Waals surface area contributed by atoms with Crippen molar-refractivity contribution in [2.45, 2.75) is 25.2 Å². The normalized spacial score (nSPS) is 21.7. The second-order valence-corrected chi connectivity index (χ2v) is 6.01. The van der Waals surface area contributed by atoms with Gasteiger partial charge in [-0.05, 0) is 24.6 Å². The van der Waals surface area contributed by atoms with Crippen LogP contribution in [0.1, 0.15) is 24.1 Å². The Morgan fingerprint density at radius 2 is 1.88 bits per heavy atom. The van der Waals surface area contributed by atoms with Crippen LogP contribution in [-0.2, 0) is 15.6 Å². The Hall–Kier alpha value is -1.09. The van der Waals surface area contributed by atoms with Gasteiger partial charge in [-0.15, -0.1) is 0 Å². The molecular weight excluding hydrogens is 320 g/mol. The highest BCUT2D eigenvalue weighted by molar-refractivity contribution is 6.23. The van der Waals surface area contributed by atoms with E-state index in [0.29, 0.717) is 6.61 Å². The molecule has 0 aromatic heterocycles. The molecule has 1 aliphatic heterocycles. The molecule has 1 fully saturated rings. The minimum atomic E-state index is -4.32. The van der Waals surface area contributed by atoms with Gasteiger partial charge in [-0.3, -0.25) is 4.90 Å². The van der Waals surface area contributed by atoms with Gasteiger partial charge in [0, 0.05) is 39.9 Å². The molecule has 1 radical (unpaired) electrons. The number of halogens is 3. The standard InChI is InChI=1S/C16H23BF3N2O2/c1-12-10-21(17-24-3)8-9-22(12)15(11-23-2)13-4-6-14(7-5-13)16(18,19)20/h4-7,12,15H,8-11H2,1-3H3/t12-,15-/m0/s1. The first-order chi connectivity index (χ1) is 11.4. The van der Waals surface area contributed by atoms with Crippen molar-refractivity contribution >= 4 is 7.62 Å². The number of hydrogen-bond acceptors (Lipinski definition) is 4. The van der Waals surface area contributed by atoms with Crippen LogP contribution in [0, 0.1) is 0 Å². The molecule has 1 aliphatic rings. The van der Waals surface area contributed by atoms with E-state index in [-0.39, 0.29) is 12.1 Å². The molecule has 8 heteroatoms. The fourth-order valence-electron chi connectivity index (χ4n) is 3.14. The van der Waals surface area contributed by atoms with E-state index in [2.05, 4.69) is 16.6 Å². The third-order valence-corrected chi connectivity index (χ3v) is 4.31. The van der Waals surface area contributed by atoms with Crippen molar-refractivity contribution < 1.29 is 22.6 Å². The van der Waals surface area contributed by atoms with Crippen molar-refractivity contribution in [1.29, 1.82) is 0 Å². The van der Waals surface area contributed by atoms with Gasteiger partial charge >= 0.3 is 13.8 Å². The first-order valence-corrected chi connectivity index (χ1v) is 7.88. The van der Waals surface area contributed by atoms with Gasteiger partial charge in [0.2, 0.25) is 0 Å². The molecular formula is C16H23BF3N2O2. The van der Waals surface area contributed by atoms with Crippen LogP contribution in [0.3, 0.4) is 0 Å². The SMILES string of the molecule is CO[B]N1CCN([C@@H](COC)c2ccc(C(F)(F)F)cc2)[C@@H](C)C1. The lowest BCUT2D eigenvalue weighted by molar-refractivity contribution is -0.137. The van der Waals surface area contributed by atoms with Crippen molar-refractivity contribution in [2.24, 2.45) is 0 Å². The number of piperazine rings is 1. The summed E-state index contributed by atoms with van der Waals surface area (Å²) in [5.74, 6) is 0. The molecule has 0 bridgehead atoms.